The normalized spacial score (nSPS) is 10.9. The fourth-order valence-electron chi connectivity index (χ4n) is 2.98. The second-order valence-electron chi connectivity index (χ2n) is 6.49. The Bertz CT molecular complexity index is 821. The highest BCUT2D eigenvalue weighted by Gasteiger charge is 2.07. The predicted octanol–water partition coefficient (Wildman–Crippen LogP) is 5.33. The van der Waals surface area contributed by atoms with Gasteiger partial charge in [-0.25, -0.2) is 0 Å². The fourth-order valence-corrected chi connectivity index (χ4v) is 2.98. The van der Waals surface area contributed by atoms with E-state index in [1.54, 1.807) is 6.20 Å². The summed E-state index contributed by atoms with van der Waals surface area (Å²) in [6.45, 7) is 2.23. The summed E-state index contributed by atoms with van der Waals surface area (Å²) in [5.41, 5.74) is 3.72. The molecule has 4 heteroatoms. The molecule has 0 saturated heterocycles. The number of anilines is 1. The number of carbonyl (C=O) groups is 1. The number of amides is 1. The molecule has 3 aromatic rings. The van der Waals surface area contributed by atoms with E-state index in [-0.39, 0.29) is 5.91 Å². The zero-order chi connectivity index (χ0) is 17.5. The van der Waals surface area contributed by atoms with Crippen LogP contribution in [0.3, 0.4) is 0 Å². The van der Waals surface area contributed by atoms with Crippen LogP contribution in [-0.2, 0) is 6.42 Å². The Balaban J connectivity index is 1.55. The summed E-state index contributed by atoms with van der Waals surface area (Å²) in [7, 11) is 0. The van der Waals surface area contributed by atoms with Crippen LogP contribution in [0.1, 0.15) is 54.9 Å². The minimum absolute atomic E-state index is 0.0858. The molecule has 0 atom stereocenters. The molecular weight excluding hydrogens is 310 g/mol. The van der Waals surface area contributed by atoms with E-state index in [0.717, 1.165) is 23.0 Å². The van der Waals surface area contributed by atoms with Crippen molar-refractivity contribution in [2.75, 3.05) is 5.32 Å². The molecule has 2 aromatic carbocycles. The van der Waals surface area contributed by atoms with E-state index in [0.29, 0.717) is 5.56 Å². The molecule has 0 fully saturated rings. The topological polar surface area (TPSA) is 57.8 Å². The number of H-pyrrole nitrogens is 1. The number of aromatic amines is 1. The molecule has 2 N–H and O–H groups in total. The summed E-state index contributed by atoms with van der Waals surface area (Å²) in [5, 5.41) is 10.8. The molecule has 0 unspecified atom stereocenters. The van der Waals surface area contributed by atoms with E-state index >= 15 is 0 Å². The number of aryl methyl sites for hydroxylation is 1. The second kappa shape index (κ2) is 8.47. The number of benzene rings is 2. The van der Waals surface area contributed by atoms with Gasteiger partial charge in [0.2, 0.25) is 0 Å². The van der Waals surface area contributed by atoms with Crippen LogP contribution in [0.2, 0.25) is 0 Å². The number of aromatic nitrogens is 2. The van der Waals surface area contributed by atoms with Crippen LogP contribution in [-0.4, -0.2) is 16.1 Å². The Hall–Kier alpha value is -2.62. The molecule has 1 heterocycles. The van der Waals surface area contributed by atoms with Gasteiger partial charge >= 0.3 is 0 Å². The lowest BCUT2D eigenvalue weighted by molar-refractivity contribution is 0.102. The Morgan fingerprint density at radius 3 is 2.64 bits per heavy atom. The minimum atomic E-state index is -0.0858. The molecule has 0 aliphatic carbocycles. The van der Waals surface area contributed by atoms with Crippen LogP contribution >= 0.6 is 0 Å². The number of nitrogens with one attached hydrogen (secondary N) is 2. The molecular formula is C21H25N3O. The molecule has 0 bridgehead atoms. The van der Waals surface area contributed by atoms with Crippen molar-refractivity contribution in [3.05, 3.63) is 59.8 Å². The molecule has 0 saturated carbocycles. The summed E-state index contributed by atoms with van der Waals surface area (Å²) in [4.78, 5) is 12.4. The minimum Gasteiger partial charge on any atom is -0.322 e. The van der Waals surface area contributed by atoms with Crippen LogP contribution < -0.4 is 5.32 Å². The Morgan fingerprint density at radius 2 is 1.84 bits per heavy atom. The third-order valence-electron chi connectivity index (χ3n) is 4.48. The number of nitrogens with zero attached hydrogens (tertiary/aromatic N) is 1. The fraction of sp³-hybridized carbons (Fsp3) is 0.333. The van der Waals surface area contributed by atoms with Crippen LogP contribution in [0.4, 0.5) is 5.69 Å². The molecule has 130 valence electrons. The first-order valence-electron chi connectivity index (χ1n) is 9.09. The number of hydrogen-bond donors (Lipinski definition) is 2. The summed E-state index contributed by atoms with van der Waals surface area (Å²) >= 11 is 0. The smallest absolute Gasteiger partial charge is 0.255 e. The maximum absolute atomic E-state index is 12.4. The highest BCUT2D eigenvalue weighted by atomic mass is 16.1. The Labute approximate surface area is 148 Å². The van der Waals surface area contributed by atoms with Crippen molar-refractivity contribution >= 4 is 22.5 Å². The predicted molar refractivity (Wildman–Crippen MR) is 103 cm³/mol. The van der Waals surface area contributed by atoms with Crippen LogP contribution in [0.15, 0.2) is 48.7 Å². The number of rotatable bonds is 8. The van der Waals surface area contributed by atoms with Crippen LogP contribution in [0.5, 0.6) is 0 Å². The summed E-state index contributed by atoms with van der Waals surface area (Å²) < 4.78 is 0. The van der Waals surface area contributed by atoms with Gasteiger partial charge in [-0.3, -0.25) is 9.89 Å². The zero-order valence-corrected chi connectivity index (χ0v) is 14.7. The lowest BCUT2D eigenvalue weighted by Crippen LogP contribution is -2.11. The first-order chi connectivity index (χ1) is 12.3. The summed E-state index contributed by atoms with van der Waals surface area (Å²) in [5.74, 6) is -0.0858. The Kier molecular flexibility index (Phi) is 5.83. The van der Waals surface area contributed by atoms with Crippen LogP contribution in [0.25, 0.3) is 10.9 Å². The quantitative estimate of drug-likeness (QED) is 0.547. The van der Waals surface area contributed by atoms with Gasteiger partial charge in [-0.2, -0.15) is 5.10 Å². The third-order valence-corrected chi connectivity index (χ3v) is 4.48. The number of hydrogen-bond acceptors (Lipinski definition) is 2. The number of carbonyl (C=O) groups excluding carboxylic acids is 1. The van der Waals surface area contributed by atoms with Crippen molar-refractivity contribution in [3.63, 3.8) is 0 Å². The van der Waals surface area contributed by atoms with Crippen molar-refractivity contribution in [2.45, 2.75) is 45.4 Å². The van der Waals surface area contributed by atoms with Gasteiger partial charge < -0.3 is 5.32 Å². The third kappa shape index (κ3) is 4.69. The van der Waals surface area contributed by atoms with Gasteiger partial charge in [0.1, 0.15) is 0 Å². The average Bonchev–Trinajstić information content (AvgIpc) is 3.10. The van der Waals surface area contributed by atoms with Crippen molar-refractivity contribution in [2.24, 2.45) is 0 Å². The van der Waals surface area contributed by atoms with Gasteiger partial charge in [-0.05, 0) is 48.7 Å². The first-order valence-corrected chi connectivity index (χ1v) is 9.09. The number of unbranched alkanes of at least 4 members (excludes halogenated alkanes) is 4. The van der Waals surface area contributed by atoms with E-state index in [1.807, 2.05) is 30.3 Å². The summed E-state index contributed by atoms with van der Waals surface area (Å²) in [6.07, 6.45) is 9.25. The van der Waals surface area contributed by atoms with Crippen molar-refractivity contribution in [1.82, 2.24) is 10.2 Å². The SMILES string of the molecule is CCCCCCCc1ccc(C(=O)Nc2ccc3[nH]ncc3c2)cc1. The lowest BCUT2D eigenvalue weighted by atomic mass is 10.0. The lowest BCUT2D eigenvalue weighted by Gasteiger charge is -2.07. The van der Waals surface area contributed by atoms with Crippen LogP contribution in [0, 0.1) is 0 Å². The monoisotopic (exact) mass is 335 g/mol. The molecule has 1 amide bonds. The molecule has 4 nitrogen and oxygen atoms in total. The maximum Gasteiger partial charge on any atom is 0.255 e. The molecule has 25 heavy (non-hydrogen) atoms. The van der Waals surface area contributed by atoms with Crippen molar-refractivity contribution in [1.29, 1.82) is 0 Å². The standard InChI is InChI=1S/C21H25N3O/c1-2-3-4-5-6-7-16-8-10-17(11-9-16)21(25)23-19-12-13-20-18(14-19)15-22-24-20/h8-15H,2-7H2,1H3,(H,22,24)(H,23,25). The van der Waals surface area contributed by atoms with Gasteiger partial charge in [0.25, 0.3) is 5.91 Å². The van der Waals surface area contributed by atoms with E-state index < -0.39 is 0 Å². The maximum atomic E-state index is 12.4. The molecule has 0 radical (unpaired) electrons. The second-order valence-corrected chi connectivity index (χ2v) is 6.49. The van der Waals surface area contributed by atoms with E-state index in [9.17, 15) is 4.79 Å². The van der Waals surface area contributed by atoms with E-state index in [1.165, 1.54) is 37.7 Å². The highest BCUT2D eigenvalue weighted by Crippen LogP contribution is 2.18. The molecule has 1 aromatic heterocycles. The molecule has 0 aliphatic heterocycles. The largest absolute Gasteiger partial charge is 0.322 e. The van der Waals surface area contributed by atoms with Crippen molar-refractivity contribution in [3.8, 4) is 0 Å². The molecule has 3 rings (SSSR count). The number of fused-ring (bicyclic) bond motifs is 1. The average molecular weight is 335 g/mol. The molecule has 0 spiro atoms. The zero-order valence-electron chi connectivity index (χ0n) is 14.7. The van der Waals surface area contributed by atoms with E-state index in [2.05, 4.69) is 34.6 Å². The Morgan fingerprint density at radius 1 is 1.04 bits per heavy atom. The van der Waals surface area contributed by atoms with Gasteiger partial charge in [-0.1, -0.05) is 44.7 Å². The van der Waals surface area contributed by atoms with Gasteiger partial charge in [0.05, 0.1) is 11.7 Å². The van der Waals surface area contributed by atoms with Gasteiger partial charge in [-0.15, -0.1) is 0 Å². The van der Waals surface area contributed by atoms with Crippen molar-refractivity contribution < 1.29 is 4.79 Å². The van der Waals surface area contributed by atoms with Gasteiger partial charge in [0.15, 0.2) is 0 Å². The highest BCUT2D eigenvalue weighted by molar-refractivity contribution is 6.05. The van der Waals surface area contributed by atoms with Gasteiger partial charge in [0, 0.05) is 16.6 Å². The first kappa shape index (κ1) is 17.2. The molecule has 0 aliphatic rings. The summed E-state index contributed by atoms with van der Waals surface area (Å²) in [6, 6.07) is 13.7. The van der Waals surface area contributed by atoms with E-state index in [4.69, 9.17) is 0 Å².